The van der Waals surface area contributed by atoms with Gasteiger partial charge in [-0.2, -0.15) is 0 Å². The van der Waals surface area contributed by atoms with E-state index in [0.29, 0.717) is 35.1 Å². The summed E-state index contributed by atoms with van der Waals surface area (Å²) in [5, 5.41) is 2.94. The minimum Gasteiger partial charge on any atom is -0.497 e. The number of thiazole rings is 1. The molecule has 1 aliphatic rings. The Bertz CT molecular complexity index is 1180. The molecule has 0 atom stereocenters. The van der Waals surface area contributed by atoms with Gasteiger partial charge in [0.1, 0.15) is 17.2 Å². The summed E-state index contributed by atoms with van der Waals surface area (Å²) in [5.41, 5.74) is 2.55. The summed E-state index contributed by atoms with van der Waals surface area (Å²) >= 11 is 1.56. The van der Waals surface area contributed by atoms with Crippen LogP contribution in [0.2, 0.25) is 0 Å². The van der Waals surface area contributed by atoms with Gasteiger partial charge in [-0.3, -0.25) is 14.5 Å². The highest BCUT2D eigenvalue weighted by atomic mass is 32.1. The average Bonchev–Trinajstić information content (AvgIpc) is 3.32. The summed E-state index contributed by atoms with van der Waals surface area (Å²) in [6.07, 6.45) is 0.734. The first kappa shape index (κ1) is 22.8. The number of rotatable bonds is 9. The summed E-state index contributed by atoms with van der Waals surface area (Å²) in [4.78, 5) is 32.0. The number of benzene rings is 2. The second-order valence-electron chi connectivity index (χ2n) is 7.31. The van der Waals surface area contributed by atoms with Gasteiger partial charge in [-0.25, -0.2) is 4.98 Å². The van der Waals surface area contributed by atoms with Gasteiger partial charge in [0.15, 0.2) is 12.4 Å². The number of fused-ring (bicyclic) bond motifs is 1. The van der Waals surface area contributed by atoms with Gasteiger partial charge in [-0.05, 0) is 30.3 Å². The number of aromatic nitrogens is 1. The van der Waals surface area contributed by atoms with E-state index in [9.17, 15) is 9.59 Å². The molecule has 0 spiro atoms. The van der Waals surface area contributed by atoms with E-state index in [2.05, 4.69) is 4.98 Å². The Balaban J connectivity index is 1.62. The Morgan fingerprint density at radius 3 is 2.76 bits per heavy atom. The lowest BCUT2D eigenvalue weighted by atomic mass is 10.1. The third-order valence-corrected chi connectivity index (χ3v) is 6.19. The molecule has 8 nitrogen and oxygen atoms in total. The summed E-state index contributed by atoms with van der Waals surface area (Å²) in [6, 6.07) is 10.5. The largest absolute Gasteiger partial charge is 0.497 e. The van der Waals surface area contributed by atoms with Gasteiger partial charge in [0.25, 0.3) is 5.91 Å². The number of anilines is 1. The van der Waals surface area contributed by atoms with Crippen molar-refractivity contribution >= 4 is 28.7 Å². The molecule has 1 amide bonds. The first-order valence-electron chi connectivity index (χ1n) is 10.3. The van der Waals surface area contributed by atoms with Crippen LogP contribution in [-0.4, -0.2) is 57.8 Å². The second-order valence-corrected chi connectivity index (χ2v) is 8.25. The monoisotopic (exact) mass is 468 g/mol. The van der Waals surface area contributed by atoms with E-state index in [0.717, 1.165) is 22.7 Å². The van der Waals surface area contributed by atoms with E-state index in [1.54, 1.807) is 49.8 Å². The van der Waals surface area contributed by atoms with Crippen LogP contribution in [0.4, 0.5) is 5.69 Å². The van der Waals surface area contributed by atoms with E-state index >= 15 is 0 Å². The SMILES string of the molecule is COCCc1nc(-c2ccc3c(c2)N(CC(=O)c2ccc(OC)cc2OC)C(=O)CO3)cs1. The zero-order valence-electron chi connectivity index (χ0n) is 18.6. The quantitative estimate of drug-likeness (QED) is 0.443. The Morgan fingerprint density at radius 2 is 2.00 bits per heavy atom. The average molecular weight is 469 g/mol. The molecule has 2 aromatic carbocycles. The van der Waals surface area contributed by atoms with Gasteiger partial charge in [0.05, 0.1) is 49.3 Å². The number of Topliss-reactive ketones (excluding diaryl/α,β-unsaturated/α-hetero) is 1. The Labute approximate surface area is 195 Å². The van der Waals surface area contributed by atoms with Crippen molar-refractivity contribution in [2.75, 3.05) is 46.0 Å². The highest BCUT2D eigenvalue weighted by Crippen LogP contribution is 2.37. The number of methoxy groups -OCH3 is 3. The van der Waals surface area contributed by atoms with Crippen molar-refractivity contribution in [3.63, 3.8) is 0 Å². The molecule has 0 radical (unpaired) electrons. The topological polar surface area (TPSA) is 87.2 Å². The lowest BCUT2D eigenvalue weighted by Gasteiger charge is -2.29. The molecule has 0 saturated carbocycles. The van der Waals surface area contributed by atoms with E-state index < -0.39 is 0 Å². The van der Waals surface area contributed by atoms with Crippen molar-refractivity contribution in [2.45, 2.75) is 6.42 Å². The maximum atomic E-state index is 13.1. The highest BCUT2D eigenvalue weighted by Gasteiger charge is 2.29. The van der Waals surface area contributed by atoms with Crippen LogP contribution in [0.5, 0.6) is 17.2 Å². The number of ether oxygens (including phenoxy) is 4. The fourth-order valence-corrected chi connectivity index (χ4v) is 4.33. The number of hydrogen-bond acceptors (Lipinski definition) is 8. The maximum Gasteiger partial charge on any atom is 0.265 e. The Hall–Kier alpha value is -3.43. The molecular formula is C24H24N2O6S. The van der Waals surface area contributed by atoms with E-state index in [4.69, 9.17) is 18.9 Å². The molecule has 2 heterocycles. The number of carbonyl (C=O) groups excluding carboxylic acids is 2. The molecule has 3 aromatic rings. The standard InChI is InChI=1S/C24H24N2O6S/c1-29-9-8-23-25-18(14-33-23)15-4-7-21-19(10-15)26(24(28)13-32-21)12-20(27)17-6-5-16(30-2)11-22(17)31-3/h4-7,10-11,14H,8-9,12-13H2,1-3H3. The molecule has 33 heavy (non-hydrogen) atoms. The van der Waals surface area contributed by atoms with E-state index in [1.165, 1.54) is 12.0 Å². The molecule has 0 aliphatic carbocycles. The molecule has 1 aromatic heterocycles. The first-order chi connectivity index (χ1) is 16.0. The van der Waals surface area contributed by atoms with Crippen LogP contribution < -0.4 is 19.1 Å². The number of ketones is 1. The normalized spacial score (nSPS) is 12.8. The summed E-state index contributed by atoms with van der Waals surface area (Å²) in [7, 11) is 4.69. The smallest absolute Gasteiger partial charge is 0.265 e. The van der Waals surface area contributed by atoms with Crippen molar-refractivity contribution in [2.24, 2.45) is 0 Å². The summed E-state index contributed by atoms with van der Waals surface area (Å²) < 4.78 is 21.3. The predicted octanol–water partition coefficient (Wildman–Crippen LogP) is 3.62. The summed E-state index contributed by atoms with van der Waals surface area (Å²) in [5.74, 6) is 0.966. The molecule has 172 valence electrons. The predicted molar refractivity (Wildman–Crippen MR) is 125 cm³/mol. The van der Waals surface area contributed by atoms with Crippen LogP contribution in [0.3, 0.4) is 0 Å². The van der Waals surface area contributed by atoms with Crippen LogP contribution in [-0.2, 0) is 16.0 Å². The van der Waals surface area contributed by atoms with Gasteiger partial charge in [0.2, 0.25) is 0 Å². The van der Waals surface area contributed by atoms with Crippen molar-refractivity contribution in [1.29, 1.82) is 0 Å². The van der Waals surface area contributed by atoms with Crippen molar-refractivity contribution in [3.8, 4) is 28.5 Å². The van der Waals surface area contributed by atoms with E-state index in [-0.39, 0.29) is 24.8 Å². The number of nitrogens with zero attached hydrogens (tertiary/aromatic N) is 2. The van der Waals surface area contributed by atoms with Gasteiger partial charge < -0.3 is 18.9 Å². The zero-order chi connectivity index (χ0) is 23.4. The molecule has 0 bridgehead atoms. The lowest BCUT2D eigenvalue weighted by Crippen LogP contribution is -2.42. The van der Waals surface area contributed by atoms with Crippen LogP contribution in [0.15, 0.2) is 41.8 Å². The zero-order valence-corrected chi connectivity index (χ0v) is 19.4. The maximum absolute atomic E-state index is 13.1. The minimum atomic E-state index is -0.292. The molecule has 0 fully saturated rings. The number of amides is 1. The lowest BCUT2D eigenvalue weighted by molar-refractivity contribution is -0.121. The molecule has 0 unspecified atom stereocenters. The van der Waals surface area contributed by atoms with Crippen LogP contribution in [0.25, 0.3) is 11.3 Å². The Morgan fingerprint density at radius 1 is 1.15 bits per heavy atom. The molecule has 9 heteroatoms. The third kappa shape index (κ3) is 4.84. The molecule has 0 N–H and O–H groups in total. The van der Waals surface area contributed by atoms with E-state index in [1.807, 2.05) is 17.5 Å². The highest BCUT2D eigenvalue weighted by molar-refractivity contribution is 7.09. The second kappa shape index (κ2) is 10.0. The minimum absolute atomic E-state index is 0.128. The molecule has 4 rings (SSSR count). The fraction of sp³-hybridized carbons (Fsp3) is 0.292. The van der Waals surface area contributed by atoms with Gasteiger partial charge in [-0.15, -0.1) is 11.3 Å². The van der Waals surface area contributed by atoms with Crippen molar-refractivity contribution in [3.05, 3.63) is 52.3 Å². The van der Waals surface area contributed by atoms with Crippen LogP contribution in [0, 0.1) is 0 Å². The first-order valence-corrected chi connectivity index (χ1v) is 11.2. The Kier molecular flexibility index (Phi) is 6.90. The fourth-order valence-electron chi connectivity index (χ4n) is 3.54. The number of carbonyl (C=O) groups is 2. The third-order valence-electron chi connectivity index (χ3n) is 5.28. The molecule has 0 saturated heterocycles. The van der Waals surface area contributed by atoms with Gasteiger partial charge in [-0.1, -0.05) is 0 Å². The van der Waals surface area contributed by atoms with Gasteiger partial charge in [0, 0.05) is 30.5 Å². The van der Waals surface area contributed by atoms with Crippen molar-refractivity contribution < 1.29 is 28.5 Å². The van der Waals surface area contributed by atoms with Crippen LogP contribution in [0.1, 0.15) is 15.4 Å². The summed E-state index contributed by atoms with van der Waals surface area (Å²) in [6.45, 7) is 0.332. The van der Waals surface area contributed by atoms with Crippen molar-refractivity contribution in [1.82, 2.24) is 4.98 Å². The van der Waals surface area contributed by atoms with Gasteiger partial charge >= 0.3 is 0 Å². The number of hydrogen-bond donors (Lipinski definition) is 0. The van der Waals surface area contributed by atoms with Crippen LogP contribution >= 0.6 is 11.3 Å². The molecular weight excluding hydrogens is 444 g/mol. The molecule has 1 aliphatic heterocycles.